The molecule has 0 bridgehead atoms. The van der Waals surface area contributed by atoms with Crippen LogP contribution in [0.4, 0.5) is 0 Å². The molecule has 8 heteroatoms. The highest BCUT2D eigenvalue weighted by Gasteiger charge is 2.30. The van der Waals surface area contributed by atoms with Gasteiger partial charge in [0.15, 0.2) is 5.65 Å². The summed E-state index contributed by atoms with van der Waals surface area (Å²) in [6.07, 6.45) is 9.80. The first-order valence-electron chi connectivity index (χ1n) is 10.2. The van der Waals surface area contributed by atoms with Crippen molar-refractivity contribution < 1.29 is 8.42 Å². The number of pyridine rings is 4. The Morgan fingerprint density at radius 2 is 1.68 bits per heavy atom. The van der Waals surface area contributed by atoms with Crippen molar-refractivity contribution in [2.24, 2.45) is 0 Å². The lowest BCUT2D eigenvalue weighted by Crippen LogP contribution is -2.38. The summed E-state index contributed by atoms with van der Waals surface area (Å²) in [5, 5.41) is 0.981. The molecule has 0 amide bonds. The Morgan fingerprint density at radius 1 is 0.871 bits per heavy atom. The smallest absolute Gasteiger partial charge is 0.244 e. The van der Waals surface area contributed by atoms with Gasteiger partial charge in [0, 0.05) is 66.6 Å². The van der Waals surface area contributed by atoms with Gasteiger partial charge in [0.25, 0.3) is 0 Å². The van der Waals surface area contributed by atoms with Crippen LogP contribution in [-0.4, -0.2) is 45.7 Å². The van der Waals surface area contributed by atoms with Gasteiger partial charge < -0.3 is 0 Å². The normalized spacial score (nSPS) is 15.9. The summed E-state index contributed by atoms with van der Waals surface area (Å²) in [5.41, 5.74) is 3.77. The van der Waals surface area contributed by atoms with Gasteiger partial charge in [-0.15, -0.1) is 0 Å². The number of piperidine rings is 1. The Hall–Kier alpha value is -3.23. The van der Waals surface area contributed by atoms with E-state index < -0.39 is 10.0 Å². The lowest BCUT2D eigenvalue weighted by Gasteiger charge is -2.30. The minimum absolute atomic E-state index is 0.214. The molecule has 1 aliphatic rings. The van der Waals surface area contributed by atoms with E-state index in [9.17, 15) is 8.42 Å². The van der Waals surface area contributed by atoms with Gasteiger partial charge in [-0.05, 0) is 60.9 Å². The highest BCUT2D eigenvalue weighted by molar-refractivity contribution is 7.89. The predicted molar refractivity (Wildman–Crippen MR) is 118 cm³/mol. The molecule has 156 valence electrons. The molecule has 0 atom stereocenters. The van der Waals surface area contributed by atoms with Crippen LogP contribution in [0, 0.1) is 0 Å². The monoisotopic (exact) mass is 431 g/mol. The number of hydrogen-bond donors (Lipinski definition) is 0. The van der Waals surface area contributed by atoms with Gasteiger partial charge in [0.05, 0.1) is 0 Å². The van der Waals surface area contributed by atoms with Crippen molar-refractivity contribution in [1.29, 1.82) is 0 Å². The van der Waals surface area contributed by atoms with Crippen molar-refractivity contribution >= 4 is 21.1 Å². The molecule has 1 aliphatic heterocycles. The van der Waals surface area contributed by atoms with Gasteiger partial charge in [-0.25, -0.2) is 18.4 Å². The van der Waals surface area contributed by atoms with Gasteiger partial charge in [-0.3, -0.25) is 9.97 Å². The van der Waals surface area contributed by atoms with Gasteiger partial charge in [0.1, 0.15) is 4.90 Å². The van der Waals surface area contributed by atoms with E-state index in [1.807, 2.05) is 30.5 Å². The van der Waals surface area contributed by atoms with Crippen LogP contribution in [0.1, 0.15) is 24.5 Å². The van der Waals surface area contributed by atoms with E-state index in [4.69, 9.17) is 4.98 Å². The van der Waals surface area contributed by atoms with E-state index in [1.165, 1.54) is 6.20 Å². The highest BCUT2D eigenvalue weighted by atomic mass is 32.2. The fourth-order valence-corrected chi connectivity index (χ4v) is 5.43. The maximum absolute atomic E-state index is 12.8. The van der Waals surface area contributed by atoms with Crippen LogP contribution >= 0.6 is 0 Å². The van der Waals surface area contributed by atoms with Crippen LogP contribution in [0.5, 0.6) is 0 Å². The molecular weight excluding hydrogens is 410 g/mol. The summed E-state index contributed by atoms with van der Waals surface area (Å²) in [4.78, 5) is 17.6. The largest absolute Gasteiger partial charge is 0.265 e. The molecule has 0 N–H and O–H groups in total. The first kappa shape index (κ1) is 19.7. The van der Waals surface area contributed by atoms with Gasteiger partial charge >= 0.3 is 0 Å². The standard InChI is InChI=1S/C23H21N5O2S/c29-31(30,21-2-1-9-25-16-21)28-12-7-18(8-13-28)22-4-3-19-14-20(15-26-23(19)27-22)17-5-10-24-11-6-17/h1-6,9-11,14-16,18H,7-8,12-13H2. The SMILES string of the molecule is O=S(=O)(c1cccnc1)N1CCC(c2ccc3cc(-c4ccncc4)cnc3n2)CC1. The van der Waals surface area contributed by atoms with E-state index in [1.54, 1.807) is 35.0 Å². The number of fused-ring (bicyclic) bond motifs is 1. The van der Waals surface area contributed by atoms with E-state index in [0.29, 0.717) is 18.7 Å². The van der Waals surface area contributed by atoms with Gasteiger partial charge in [-0.1, -0.05) is 0 Å². The quantitative estimate of drug-likeness (QED) is 0.490. The summed E-state index contributed by atoms with van der Waals surface area (Å²) >= 11 is 0. The predicted octanol–water partition coefficient (Wildman–Crippen LogP) is 3.66. The molecule has 4 aromatic heterocycles. The summed E-state index contributed by atoms with van der Waals surface area (Å²) in [6, 6.07) is 13.3. The Labute approximate surface area is 180 Å². The maximum atomic E-state index is 12.8. The number of sulfonamides is 1. The van der Waals surface area contributed by atoms with Crippen LogP contribution in [-0.2, 0) is 10.0 Å². The molecule has 0 spiro atoms. The molecule has 0 saturated carbocycles. The van der Waals surface area contributed by atoms with E-state index in [0.717, 1.165) is 35.0 Å². The van der Waals surface area contributed by atoms with Gasteiger partial charge in [0.2, 0.25) is 10.0 Å². The molecule has 5 rings (SSSR count). The van der Waals surface area contributed by atoms with Crippen LogP contribution in [0.25, 0.3) is 22.2 Å². The first-order chi connectivity index (χ1) is 15.1. The first-order valence-corrected chi connectivity index (χ1v) is 11.6. The highest BCUT2D eigenvalue weighted by Crippen LogP contribution is 2.31. The zero-order valence-corrected chi connectivity index (χ0v) is 17.6. The zero-order valence-electron chi connectivity index (χ0n) is 16.8. The van der Waals surface area contributed by atoms with Crippen molar-refractivity contribution in [3.63, 3.8) is 0 Å². The number of hydrogen-bond acceptors (Lipinski definition) is 6. The minimum atomic E-state index is -3.50. The average molecular weight is 432 g/mol. The molecule has 0 radical (unpaired) electrons. The zero-order chi connectivity index (χ0) is 21.3. The number of nitrogens with zero attached hydrogens (tertiary/aromatic N) is 5. The van der Waals surface area contributed by atoms with Crippen LogP contribution in [0.3, 0.4) is 0 Å². The Morgan fingerprint density at radius 3 is 2.42 bits per heavy atom. The molecule has 0 aromatic carbocycles. The third kappa shape index (κ3) is 3.92. The van der Waals surface area contributed by atoms with E-state index in [-0.39, 0.29) is 10.8 Å². The molecule has 1 fully saturated rings. The van der Waals surface area contributed by atoms with E-state index >= 15 is 0 Å². The second-order valence-electron chi connectivity index (χ2n) is 7.61. The molecule has 0 aliphatic carbocycles. The van der Waals surface area contributed by atoms with Crippen LogP contribution in [0.2, 0.25) is 0 Å². The summed E-state index contributed by atoms with van der Waals surface area (Å²) < 4.78 is 27.2. The molecule has 7 nitrogen and oxygen atoms in total. The fourth-order valence-electron chi connectivity index (χ4n) is 4.00. The Bertz CT molecular complexity index is 1310. The Balaban J connectivity index is 1.33. The van der Waals surface area contributed by atoms with E-state index in [2.05, 4.69) is 21.0 Å². The number of aromatic nitrogens is 4. The second kappa shape index (κ2) is 8.13. The third-order valence-corrected chi connectivity index (χ3v) is 7.60. The van der Waals surface area contributed by atoms with Crippen LogP contribution in [0.15, 0.2) is 78.3 Å². The van der Waals surface area contributed by atoms with Crippen molar-refractivity contribution in [1.82, 2.24) is 24.2 Å². The van der Waals surface area contributed by atoms with Crippen LogP contribution < -0.4 is 0 Å². The lowest BCUT2D eigenvalue weighted by atomic mass is 9.94. The summed E-state index contributed by atoms with van der Waals surface area (Å²) in [6.45, 7) is 0.937. The third-order valence-electron chi connectivity index (χ3n) is 5.72. The van der Waals surface area contributed by atoms with Crippen molar-refractivity contribution in [3.05, 3.63) is 79.1 Å². The second-order valence-corrected chi connectivity index (χ2v) is 9.55. The minimum Gasteiger partial charge on any atom is -0.265 e. The van der Waals surface area contributed by atoms with Crippen molar-refractivity contribution in [2.75, 3.05) is 13.1 Å². The molecule has 4 aromatic rings. The van der Waals surface area contributed by atoms with Gasteiger partial charge in [-0.2, -0.15) is 4.31 Å². The van der Waals surface area contributed by atoms with Crippen molar-refractivity contribution in [3.8, 4) is 11.1 Å². The topological polar surface area (TPSA) is 88.9 Å². The molecule has 0 unspecified atom stereocenters. The van der Waals surface area contributed by atoms with Crippen molar-refractivity contribution in [2.45, 2.75) is 23.7 Å². The molecule has 5 heterocycles. The lowest BCUT2D eigenvalue weighted by molar-refractivity contribution is 0.317. The fraction of sp³-hybridized carbons (Fsp3) is 0.217. The maximum Gasteiger partial charge on any atom is 0.244 e. The molecule has 1 saturated heterocycles. The summed E-state index contributed by atoms with van der Waals surface area (Å²) in [5.74, 6) is 0.214. The molecule has 31 heavy (non-hydrogen) atoms. The Kier molecular flexibility index (Phi) is 5.17. The summed E-state index contributed by atoms with van der Waals surface area (Å²) in [7, 11) is -3.50. The molecular formula is C23H21N5O2S. The number of rotatable bonds is 4. The average Bonchev–Trinajstić information content (AvgIpc) is 2.84.